The number of fused-ring (bicyclic) bond motifs is 1. The first kappa shape index (κ1) is 10.6. The van der Waals surface area contributed by atoms with Gasteiger partial charge >= 0.3 is 0 Å². The minimum Gasteiger partial charge on any atom is -0.273 e. The highest BCUT2D eigenvalue weighted by molar-refractivity contribution is 6.00. The second-order valence-electron chi connectivity index (χ2n) is 4.66. The fraction of sp³-hybridized carbons (Fsp3) is 0.818. The molecule has 0 spiro atoms. The molecule has 0 bridgehead atoms. The van der Waals surface area contributed by atoms with Crippen LogP contribution in [-0.2, 0) is 9.59 Å². The first-order valence-electron chi connectivity index (χ1n) is 5.66. The molecular formula is C11H18N2O2. The molecule has 4 atom stereocenters. The van der Waals surface area contributed by atoms with Crippen LogP contribution in [-0.4, -0.2) is 33.9 Å². The summed E-state index contributed by atoms with van der Waals surface area (Å²) >= 11 is 0. The average Bonchev–Trinajstić information content (AvgIpc) is 2.59. The molecule has 0 saturated carbocycles. The molecule has 4 heteroatoms. The van der Waals surface area contributed by atoms with E-state index in [0.717, 1.165) is 6.42 Å². The fourth-order valence-corrected chi connectivity index (χ4v) is 2.72. The molecule has 2 fully saturated rings. The Morgan fingerprint density at radius 3 is 2.13 bits per heavy atom. The van der Waals surface area contributed by atoms with E-state index in [2.05, 4.69) is 6.92 Å². The quantitative estimate of drug-likeness (QED) is 0.607. The van der Waals surface area contributed by atoms with Crippen molar-refractivity contribution in [1.29, 1.82) is 0 Å². The summed E-state index contributed by atoms with van der Waals surface area (Å²) in [6, 6.07) is 0.345. The van der Waals surface area contributed by atoms with Crippen molar-refractivity contribution in [2.45, 2.75) is 46.2 Å². The topological polar surface area (TPSA) is 40.6 Å². The summed E-state index contributed by atoms with van der Waals surface area (Å²) in [6.07, 6.45) is 0.910. The maximum atomic E-state index is 11.9. The summed E-state index contributed by atoms with van der Waals surface area (Å²) in [5.41, 5.74) is 0. The van der Waals surface area contributed by atoms with Gasteiger partial charge in [0.1, 0.15) is 0 Å². The Morgan fingerprint density at radius 2 is 1.60 bits per heavy atom. The van der Waals surface area contributed by atoms with Crippen LogP contribution < -0.4 is 0 Å². The van der Waals surface area contributed by atoms with Crippen LogP contribution in [0.4, 0.5) is 0 Å². The van der Waals surface area contributed by atoms with E-state index >= 15 is 0 Å². The van der Waals surface area contributed by atoms with Crippen LogP contribution in [0, 0.1) is 11.8 Å². The number of rotatable bonds is 1. The molecular weight excluding hydrogens is 192 g/mol. The minimum absolute atomic E-state index is 0.0250. The molecule has 0 aromatic heterocycles. The normalized spacial score (nSPS) is 41.5. The molecule has 15 heavy (non-hydrogen) atoms. The van der Waals surface area contributed by atoms with Crippen LogP contribution in [0.2, 0.25) is 0 Å². The Kier molecular flexibility index (Phi) is 2.34. The number of hydrogen-bond donors (Lipinski definition) is 0. The van der Waals surface area contributed by atoms with E-state index < -0.39 is 0 Å². The van der Waals surface area contributed by atoms with Gasteiger partial charge in [-0.15, -0.1) is 0 Å². The molecule has 2 rings (SSSR count). The molecule has 4 nitrogen and oxygen atoms in total. The lowest BCUT2D eigenvalue weighted by atomic mass is 9.96. The highest BCUT2D eigenvalue weighted by Gasteiger charge is 2.55. The predicted octanol–water partition coefficient (Wildman–Crippen LogP) is 1.03. The van der Waals surface area contributed by atoms with Crippen molar-refractivity contribution < 1.29 is 9.59 Å². The van der Waals surface area contributed by atoms with E-state index in [0.29, 0.717) is 0 Å². The molecule has 2 heterocycles. The van der Waals surface area contributed by atoms with Crippen molar-refractivity contribution in [1.82, 2.24) is 10.0 Å². The van der Waals surface area contributed by atoms with E-state index in [9.17, 15) is 9.59 Å². The zero-order valence-corrected chi connectivity index (χ0v) is 9.73. The molecule has 2 aliphatic heterocycles. The number of imide groups is 1. The molecule has 2 saturated heterocycles. The minimum atomic E-state index is -0.0597. The van der Waals surface area contributed by atoms with Gasteiger partial charge in [0.2, 0.25) is 11.8 Å². The zero-order valence-electron chi connectivity index (χ0n) is 9.73. The van der Waals surface area contributed by atoms with Gasteiger partial charge in [0.15, 0.2) is 0 Å². The van der Waals surface area contributed by atoms with Crippen LogP contribution in [0.1, 0.15) is 34.1 Å². The van der Waals surface area contributed by atoms with Gasteiger partial charge in [0, 0.05) is 12.1 Å². The van der Waals surface area contributed by atoms with Gasteiger partial charge in [-0.05, 0) is 13.3 Å². The maximum Gasteiger partial charge on any atom is 0.248 e. The summed E-state index contributed by atoms with van der Waals surface area (Å²) in [5.74, 6) is -0.164. The van der Waals surface area contributed by atoms with Crippen molar-refractivity contribution >= 4 is 11.8 Å². The molecule has 84 valence electrons. The summed E-state index contributed by atoms with van der Waals surface area (Å²) in [4.78, 5) is 23.8. The smallest absolute Gasteiger partial charge is 0.248 e. The Hall–Kier alpha value is -0.900. The average molecular weight is 210 g/mol. The van der Waals surface area contributed by atoms with Crippen LogP contribution in [0.5, 0.6) is 0 Å². The third-order valence-corrected chi connectivity index (χ3v) is 3.90. The summed E-state index contributed by atoms with van der Waals surface area (Å²) in [6.45, 7) is 7.91. The Bertz CT molecular complexity index is 316. The van der Waals surface area contributed by atoms with E-state index in [1.807, 2.05) is 25.8 Å². The molecule has 0 aromatic rings. The van der Waals surface area contributed by atoms with Crippen LogP contribution in [0.3, 0.4) is 0 Å². The van der Waals surface area contributed by atoms with Gasteiger partial charge in [-0.25, -0.2) is 10.0 Å². The molecule has 0 aliphatic carbocycles. The number of carbonyl (C=O) groups is 2. The first-order chi connectivity index (χ1) is 7.00. The van der Waals surface area contributed by atoms with Gasteiger partial charge in [-0.1, -0.05) is 20.8 Å². The van der Waals surface area contributed by atoms with Gasteiger partial charge in [0.05, 0.1) is 11.8 Å². The van der Waals surface area contributed by atoms with Crippen molar-refractivity contribution in [2.75, 3.05) is 0 Å². The van der Waals surface area contributed by atoms with Gasteiger partial charge < -0.3 is 0 Å². The van der Waals surface area contributed by atoms with Crippen molar-refractivity contribution in [3.63, 3.8) is 0 Å². The van der Waals surface area contributed by atoms with Gasteiger partial charge in [-0.3, -0.25) is 9.59 Å². The summed E-state index contributed by atoms with van der Waals surface area (Å²) < 4.78 is 0. The third kappa shape index (κ3) is 1.17. The Morgan fingerprint density at radius 1 is 1.07 bits per heavy atom. The molecule has 2 aliphatic rings. The molecule has 2 amide bonds. The largest absolute Gasteiger partial charge is 0.273 e. The van der Waals surface area contributed by atoms with Gasteiger partial charge in [-0.2, -0.15) is 0 Å². The van der Waals surface area contributed by atoms with E-state index in [1.165, 1.54) is 5.01 Å². The van der Waals surface area contributed by atoms with Crippen LogP contribution >= 0.6 is 0 Å². The molecule has 0 radical (unpaired) electrons. The SMILES string of the molecule is CCC1C(C)C(=O)N2C(=O)C(C)C(C)N12. The van der Waals surface area contributed by atoms with E-state index in [1.54, 1.807) is 0 Å². The highest BCUT2D eigenvalue weighted by Crippen LogP contribution is 2.37. The standard InChI is InChI=1S/C11H18N2O2/c1-5-9-7(3)11(15)13-10(14)6(2)8(4)12(9)13/h6-9H,5H2,1-4H3. The number of carbonyl (C=O) groups excluding carboxylic acids is 2. The molecule has 0 aromatic carbocycles. The summed E-state index contributed by atoms with van der Waals surface area (Å²) in [7, 11) is 0. The lowest BCUT2D eigenvalue weighted by molar-refractivity contribution is -0.151. The van der Waals surface area contributed by atoms with E-state index in [4.69, 9.17) is 0 Å². The number of nitrogens with zero attached hydrogens (tertiary/aromatic N) is 2. The lowest BCUT2D eigenvalue weighted by Gasteiger charge is -2.27. The predicted molar refractivity (Wildman–Crippen MR) is 55.6 cm³/mol. The van der Waals surface area contributed by atoms with Gasteiger partial charge in [0.25, 0.3) is 0 Å². The molecule has 4 unspecified atom stereocenters. The second kappa shape index (κ2) is 3.30. The lowest BCUT2D eigenvalue weighted by Crippen LogP contribution is -2.41. The number of hydrazine groups is 1. The maximum absolute atomic E-state index is 11.9. The second-order valence-corrected chi connectivity index (χ2v) is 4.66. The summed E-state index contributed by atoms with van der Waals surface area (Å²) in [5, 5.41) is 3.37. The highest BCUT2D eigenvalue weighted by atomic mass is 16.2. The van der Waals surface area contributed by atoms with E-state index in [-0.39, 0.29) is 35.7 Å². The third-order valence-electron chi connectivity index (χ3n) is 3.90. The van der Waals surface area contributed by atoms with Crippen LogP contribution in [0.15, 0.2) is 0 Å². The number of hydrogen-bond acceptors (Lipinski definition) is 3. The van der Waals surface area contributed by atoms with Crippen molar-refractivity contribution in [2.24, 2.45) is 11.8 Å². The van der Waals surface area contributed by atoms with Crippen LogP contribution in [0.25, 0.3) is 0 Å². The zero-order chi connectivity index (χ0) is 11.3. The fourth-order valence-electron chi connectivity index (χ4n) is 2.72. The first-order valence-corrected chi connectivity index (χ1v) is 5.66. The van der Waals surface area contributed by atoms with Crippen molar-refractivity contribution in [3.05, 3.63) is 0 Å². The monoisotopic (exact) mass is 210 g/mol. The number of amides is 2. The van der Waals surface area contributed by atoms with Crippen molar-refractivity contribution in [3.8, 4) is 0 Å². The molecule has 0 N–H and O–H groups in total. The Balaban J connectivity index is 2.38. The Labute approximate surface area is 90.2 Å².